The molecule has 1 rings (SSSR count). The van der Waals surface area contributed by atoms with Gasteiger partial charge >= 0.3 is 0 Å². The van der Waals surface area contributed by atoms with Crippen LogP contribution in [0, 0.1) is 23.7 Å². The molecule has 2 atom stereocenters. The highest BCUT2D eigenvalue weighted by molar-refractivity contribution is 5.84. The molecule has 1 aliphatic rings. The van der Waals surface area contributed by atoms with Crippen LogP contribution >= 0.6 is 0 Å². The second-order valence-corrected chi connectivity index (χ2v) is 4.55. The van der Waals surface area contributed by atoms with Crippen molar-refractivity contribution in [2.45, 2.75) is 27.7 Å². The topological polar surface area (TPSA) is 29.1 Å². The van der Waals surface area contributed by atoms with Gasteiger partial charge in [-0.1, -0.05) is 34.3 Å². The molecule has 2 unspecified atom stereocenters. The molecule has 0 radical (unpaired) electrons. The lowest BCUT2D eigenvalue weighted by Gasteiger charge is -2.23. The number of carbonyl (C=O) groups is 1. The van der Waals surface area contributed by atoms with Crippen LogP contribution in [0.2, 0.25) is 0 Å². The third kappa shape index (κ3) is 1.77. The summed E-state index contributed by atoms with van der Waals surface area (Å²) in [7, 11) is 0. The Kier molecular flexibility index (Phi) is 2.79. The Morgan fingerprint density at radius 3 is 1.92 bits per heavy atom. The van der Waals surface area contributed by atoms with E-state index >= 15 is 0 Å². The Morgan fingerprint density at radius 2 is 1.62 bits per heavy atom. The lowest BCUT2D eigenvalue weighted by atomic mass is 9.78. The highest BCUT2D eigenvalue weighted by Gasteiger charge is 2.40. The molecule has 0 aromatic carbocycles. The number of hydrogen-bond donors (Lipinski definition) is 1. The normalized spacial score (nSPS) is 28.8. The molecular formula is C11H19NO. The minimum atomic E-state index is 0.118. The lowest BCUT2D eigenvalue weighted by molar-refractivity contribution is -0.124. The highest BCUT2D eigenvalue weighted by atomic mass is 16.2. The molecule has 2 heteroatoms. The number of nitrogens with one attached hydrogen (secondary N) is 1. The third-order valence-corrected chi connectivity index (χ3v) is 2.81. The standard InChI is InChI=1S/C11H19NO/c1-6(2)9-8(5)12-11(13)10(9)7(3)4/h6-7,9-10H,5H2,1-4H3,(H,12,13). The van der Waals surface area contributed by atoms with E-state index in [1.807, 2.05) is 0 Å². The van der Waals surface area contributed by atoms with Crippen molar-refractivity contribution < 1.29 is 4.79 Å². The molecule has 1 heterocycles. The fraction of sp³-hybridized carbons (Fsp3) is 0.727. The van der Waals surface area contributed by atoms with Crippen molar-refractivity contribution in [2.75, 3.05) is 0 Å². The maximum atomic E-state index is 11.6. The molecule has 74 valence electrons. The summed E-state index contributed by atoms with van der Waals surface area (Å²) in [5.74, 6) is 1.46. The van der Waals surface area contributed by atoms with Crippen molar-refractivity contribution in [1.82, 2.24) is 5.32 Å². The first kappa shape index (κ1) is 10.3. The predicted molar refractivity (Wildman–Crippen MR) is 53.9 cm³/mol. The molecule has 0 spiro atoms. The Balaban J connectivity index is 2.90. The summed E-state index contributed by atoms with van der Waals surface area (Å²) >= 11 is 0. The van der Waals surface area contributed by atoms with E-state index in [1.54, 1.807) is 0 Å². The summed E-state index contributed by atoms with van der Waals surface area (Å²) in [5.41, 5.74) is 0.902. The minimum absolute atomic E-state index is 0.118. The quantitative estimate of drug-likeness (QED) is 0.695. The zero-order valence-corrected chi connectivity index (χ0v) is 8.92. The van der Waals surface area contributed by atoms with Gasteiger partial charge in [0.25, 0.3) is 0 Å². The van der Waals surface area contributed by atoms with Crippen LogP contribution in [0.15, 0.2) is 12.3 Å². The van der Waals surface area contributed by atoms with Gasteiger partial charge in [-0.25, -0.2) is 0 Å². The Labute approximate surface area is 80.4 Å². The zero-order valence-electron chi connectivity index (χ0n) is 8.92. The fourth-order valence-electron chi connectivity index (χ4n) is 2.24. The highest BCUT2D eigenvalue weighted by Crippen LogP contribution is 2.36. The van der Waals surface area contributed by atoms with Crippen molar-refractivity contribution in [3.63, 3.8) is 0 Å². The second kappa shape index (κ2) is 3.52. The molecular weight excluding hydrogens is 162 g/mol. The molecule has 1 aliphatic heterocycles. The lowest BCUT2D eigenvalue weighted by Crippen LogP contribution is -2.26. The van der Waals surface area contributed by atoms with Crippen LogP contribution in [-0.2, 0) is 4.79 Å². The van der Waals surface area contributed by atoms with Crippen LogP contribution in [0.3, 0.4) is 0 Å². The van der Waals surface area contributed by atoms with Gasteiger partial charge in [0.1, 0.15) is 0 Å². The Hall–Kier alpha value is -0.790. The summed E-state index contributed by atoms with van der Waals surface area (Å²) in [6.45, 7) is 12.4. The number of carbonyl (C=O) groups excluding carboxylic acids is 1. The number of amides is 1. The predicted octanol–water partition coefficient (Wildman–Crippen LogP) is 2.17. The summed E-state index contributed by atoms with van der Waals surface area (Å²) in [6.07, 6.45) is 0. The molecule has 1 saturated heterocycles. The molecule has 13 heavy (non-hydrogen) atoms. The molecule has 0 saturated carbocycles. The smallest absolute Gasteiger partial charge is 0.228 e. The molecule has 0 bridgehead atoms. The van der Waals surface area contributed by atoms with Gasteiger partial charge in [-0.15, -0.1) is 0 Å². The van der Waals surface area contributed by atoms with Gasteiger partial charge in [0, 0.05) is 17.5 Å². The molecule has 0 aromatic heterocycles. The average Bonchev–Trinajstić information content (AvgIpc) is 2.24. The van der Waals surface area contributed by atoms with E-state index in [9.17, 15) is 4.79 Å². The van der Waals surface area contributed by atoms with Crippen LogP contribution < -0.4 is 5.32 Å². The Bertz CT molecular complexity index is 206. The van der Waals surface area contributed by atoms with Crippen LogP contribution in [0.1, 0.15) is 27.7 Å². The van der Waals surface area contributed by atoms with Crippen LogP contribution in [0.25, 0.3) is 0 Å². The fourth-order valence-corrected chi connectivity index (χ4v) is 2.24. The summed E-state index contributed by atoms with van der Waals surface area (Å²) in [5, 5.41) is 2.85. The van der Waals surface area contributed by atoms with Crippen molar-refractivity contribution in [3.8, 4) is 0 Å². The van der Waals surface area contributed by atoms with Gasteiger partial charge in [0.2, 0.25) is 5.91 Å². The zero-order chi connectivity index (χ0) is 10.2. The van der Waals surface area contributed by atoms with Crippen molar-refractivity contribution in [2.24, 2.45) is 23.7 Å². The summed E-state index contributed by atoms with van der Waals surface area (Å²) in [6, 6.07) is 0. The first-order chi connectivity index (χ1) is 5.95. The van der Waals surface area contributed by atoms with E-state index in [0.29, 0.717) is 17.8 Å². The van der Waals surface area contributed by atoms with E-state index in [-0.39, 0.29) is 11.8 Å². The van der Waals surface area contributed by atoms with Crippen molar-refractivity contribution in [1.29, 1.82) is 0 Å². The average molecular weight is 181 g/mol. The number of allylic oxidation sites excluding steroid dienone is 1. The van der Waals surface area contributed by atoms with Gasteiger partial charge < -0.3 is 5.32 Å². The number of hydrogen-bond acceptors (Lipinski definition) is 1. The number of rotatable bonds is 2. The van der Waals surface area contributed by atoms with Gasteiger partial charge in [-0.3, -0.25) is 4.79 Å². The van der Waals surface area contributed by atoms with E-state index < -0.39 is 0 Å². The van der Waals surface area contributed by atoms with Crippen molar-refractivity contribution in [3.05, 3.63) is 12.3 Å². The van der Waals surface area contributed by atoms with Gasteiger partial charge in [-0.2, -0.15) is 0 Å². The first-order valence-corrected chi connectivity index (χ1v) is 4.94. The molecule has 2 nitrogen and oxygen atoms in total. The maximum absolute atomic E-state index is 11.6. The van der Waals surface area contributed by atoms with E-state index in [4.69, 9.17) is 0 Å². The molecule has 1 N–H and O–H groups in total. The minimum Gasteiger partial charge on any atom is -0.330 e. The summed E-state index contributed by atoms with van der Waals surface area (Å²) in [4.78, 5) is 11.6. The van der Waals surface area contributed by atoms with Crippen molar-refractivity contribution >= 4 is 5.91 Å². The van der Waals surface area contributed by atoms with Crippen LogP contribution in [0.4, 0.5) is 0 Å². The Morgan fingerprint density at radius 1 is 1.15 bits per heavy atom. The van der Waals surface area contributed by atoms with Gasteiger partial charge in [0.05, 0.1) is 0 Å². The first-order valence-electron chi connectivity index (χ1n) is 4.94. The largest absolute Gasteiger partial charge is 0.330 e. The van der Waals surface area contributed by atoms with Crippen LogP contribution in [-0.4, -0.2) is 5.91 Å². The van der Waals surface area contributed by atoms with Gasteiger partial charge in [-0.05, 0) is 11.8 Å². The second-order valence-electron chi connectivity index (χ2n) is 4.55. The van der Waals surface area contributed by atoms with Crippen LogP contribution in [0.5, 0.6) is 0 Å². The maximum Gasteiger partial charge on any atom is 0.228 e. The summed E-state index contributed by atoms with van der Waals surface area (Å²) < 4.78 is 0. The van der Waals surface area contributed by atoms with E-state index in [1.165, 1.54) is 0 Å². The molecule has 1 fully saturated rings. The SMILES string of the molecule is C=C1NC(=O)C(C(C)C)C1C(C)C. The molecule has 0 aliphatic carbocycles. The van der Waals surface area contributed by atoms with Gasteiger partial charge in [0.15, 0.2) is 0 Å². The monoisotopic (exact) mass is 181 g/mol. The van der Waals surface area contributed by atoms with E-state index in [0.717, 1.165) is 5.70 Å². The molecule has 1 amide bonds. The third-order valence-electron chi connectivity index (χ3n) is 2.81. The van der Waals surface area contributed by atoms with E-state index in [2.05, 4.69) is 39.6 Å². The molecule has 0 aromatic rings.